The molecule has 2 bridgehead atoms. The number of amides is 3. The quantitative estimate of drug-likeness (QED) is 0.320. The van der Waals surface area contributed by atoms with Crippen LogP contribution in [0.3, 0.4) is 0 Å². The molecule has 3 amide bonds. The van der Waals surface area contributed by atoms with Crippen LogP contribution in [0.4, 0.5) is 0 Å². The number of ether oxygens (including phenoxy) is 2. The molecule has 4 aliphatic rings. The number of hydrogen-bond acceptors (Lipinski definition) is 7. The van der Waals surface area contributed by atoms with Gasteiger partial charge in [-0.05, 0) is 32.6 Å². The van der Waals surface area contributed by atoms with E-state index in [1.807, 2.05) is 20.8 Å². The second-order valence-corrected chi connectivity index (χ2v) is 11.8. The van der Waals surface area contributed by atoms with E-state index in [0.717, 1.165) is 19.5 Å². The van der Waals surface area contributed by atoms with Crippen LogP contribution in [0.25, 0.3) is 0 Å². The highest BCUT2D eigenvalue weighted by Gasteiger charge is 2.78. The largest absolute Gasteiger partial charge is 0.394 e. The van der Waals surface area contributed by atoms with Crippen LogP contribution < -0.4 is 0 Å². The van der Waals surface area contributed by atoms with Gasteiger partial charge in [-0.1, -0.05) is 26.0 Å². The molecule has 1 spiro atoms. The van der Waals surface area contributed by atoms with Gasteiger partial charge in [0.2, 0.25) is 17.7 Å². The van der Waals surface area contributed by atoms with Crippen molar-refractivity contribution in [3.8, 4) is 0 Å². The van der Waals surface area contributed by atoms with Gasteiger partial charge in [-0.25, -0.2) is 0 Å². The Bertz CT molecular complexity index is 966. The number of likely N-dealkylation sites (tertiary alicyclic amines) is 1. The summed E-state index contributed by atoms with van der Waals surface area (Å²) in [6.07, 6.45) is 5.77. The molecule has 0 radical (unpaired) electrons. The van der Waals surface area contributed by atoms with Gasteiger partial charge >= 0.3 is 0 Å². The molecule has 0 saturated carbocycles. The predicted octanol–water partition coefficient (Wildman–Crippen LogP) is 1.29. The molecule has 10 heteroatoms. The minimum atomic E-state index is -1.11. The molecule has 0 aliphatic carbocycles. The summed E-state index contributed by atoms with van der Waals surface area (Å²) in [5, 5.41) is 10.3. The van der Waals surface area contributed by atoms with E-state index in [4.69, 9.17) is 9.47 Å². The SMILES string of the molecule is C=CCN(CCN1CCOCC1)C(=O)C1N([C@@H](CC)CO)C(=O)[C@@H]2[C@@H](C(=O)N(CC=C)CCC)[C@@]3(C)CCC12O3. The predicted molar refractivity (Wildman–Crippen MR) is 151 cm³/mol. The zero-order chi connectivity index (χ0) is 29.1. The smallest absolute Gasteiger partial charge is 0.248 e. The summed E-state index contributed by atoms with van der Waals surface area (Å²) in [4.78, 5) is 50.3. The lowest BCUT2D eigenvalue weighted by Gasteiger charge is -2.39. The molecule has 1 N–H and O–H groups in total. The summed E-state index contributed by atoms with van der Waals surface area (Å²) in [5.74, 6) is -2.06. The van der Waals surface area contributed by atoms with Crippen molar-refractivity contribution in [3.05, 3.63) is 25.3 Å². The lowest BCUT2D eigenvalue weighted by atomic mass is 9.66. The van der Waals surface area contributed by atoms with Gasteiger partial charge in [-0.15, -0.1) is 13.2 Å². The van der Waals surface area contributed by atoms with E-state index in [-0.39, 0.29) is 24.3 Å². The molecule has 10 nitrogen and oxygen atoms in total. The number of carbonyl (C=O) groups is 3. The summed E-state index contributed by atoms with van der Waals surface area (Å²) in [7, 11) is 0. The normalized spacial score (nSPS) is 32.1. The van der Waals surface area contributed by atoms with Crippen molar-refractivity contribution in [1.29, 1.82) is 0 Å². The van der Waals surface area contributed by atoms with Crippen molar-refractivity contribution in [2.45, 2.75) is 69.7 Å². The molecule has 4 fully saturated rings. The highest BCUT2D eigenvalue weighted by atomic mass is 16.5. The van der Waals surface area contributed by atoms with Crippen LogP contribution in [0.5, 0.6) is 0 Å². The van der Waals surface area contributed by atoms with E-state index < -0.39 is 35.1 Å². The topological polar surface area (TPSA) is 103 Å². The van der Waals surface area contributed by atoms with Crippen LogP contribution in [-0.4, -0.2) is 131 Å². The maximum atomic E-state index is 14.5. The maximum absolute atomic E-state index is 14.5. The first-order chi connectivity index (χ1) is 19.2. The van der Waals surface area contributed by atoms with E-state index >= 15 is 0 Å². The monoisotopic (exact) mass is 560 g/mol. The van der Waals surface area contributed by atoms with Crippen LogP contribution in [0, 0.1) is 11.8 Å². The molecule has 6 atom stereocenters. The van der Waals surface area contributed by atoms with E-state index in [0.29, 0.717) is 65.2 Å². The van der Waals surface area contributed by atoms with Gasteiger partial charge in [-0.2, -0.15) is 0 Å². The molecule has 4 heterocycles. The summed E-state index contributed by atoms with van der Waals surface area (Å²) in [6.45, 7) is 18.7. The molecule has 4 aliphatic heterocycles. The van der Waals surface area contributed by atoms with Crippen molar-refractivity contribution >= 4 is 17.7 Å². The summed E-state index contributed by atoms with van der Waals surface area (Å²) in [5.41, 5.74) is -1.95. The van der Waals surface area contributed by atoms with Gasteiger partial charge in [0.15, 0.2) is 0 Å². The first-order valence-corrected chi connectivity index (χ1v) is 15.0. The van der Waals surface area contributed by atoms with Crippen LogP contribution in [-0.2, 0) is 23.9 Å². The number of hydrogen-bond donors (Lipinski definition) is 1. The molecule has 4 saturated heterocycles. The van der Waals surface area contributed by atoms with Crippen molar-refractivity contribution in [2.75, 3.05) is 65.6 Å². The fourth-order valence-electron chi connectivity index (χ4n) is 7.45. The number of aliphatic hydroxyl groups is 1. The molecule has 0 aromatic rings. The molecule has 0 aromatic heterocycles. The Hall–Kier alpha value is -2.27. The third kappa shape index (κ3) is 5.24. The number of morpholine rings is 1. The van der Waals surface area contributed by atoms with Gasteiger partial charge in [-0.3, -0.25) is 19.3 Å². The highest BCUT2D eigenvalue weighted by Crippen LogP contribution is 2.64. The number of fused-ring (bicyclic) bond motifs is 1. The molecular weight excluding hydrogens is 512 g/mol. The summed E-state index contributed by atoms with van der Waals surface area (Å²) in [6, 6.07) is -1.46. The standard InChI is InChI=1S/C30H48N4O6/c1-6-12-32(13-7-2)26(36)23-24-27(37)34(22(9-4)21-35)25(30(24)11-10-29(23,5)40-30)28(38)33(14-8-3)16-15-31-17-19-39-20-18-31/h6,8,22-25,35H,1,3,7,9-21H2,2,4-5H3/t22-,23-,24-,25?,29+,30?/m0/s1. The molecular formula is C30H48N4O6. The first kappa shape index (κ1) is 30.7. The third-order valence-corrected chi connectivity index (χ3v) is 9.40. The highest BCUT2D eigenvalue weighted by molar-refractivity contribution is 5.99. The van der Waals surface area contributed by atoms with Crippen LogP contribution in [0.2, 0.25) is 0 Å². The van der Waals surface area contributed by atoms with Gasteiger partial charge in [0.05, 0.1) is 43.3 Å². The molecule has 224 valence electrons. The summed E-state index contributed by atoms with van der Waals surface area (Å²) < 4.78 is 12.3. The molecule has 2 unspecified atom stereocenters. The van der Waals surface area contributed by atoms with Gasteiger partial charge in [0, 0.05) is 45.8 Å². The number of rotatable bonds is 14. The Balaban J connectivity index is 1.71. The Morgan fingerprint density at radius 2 is 1.75 bits per heavy atom. The van der Waals surface area contributed by atoms with Crippen LogP contribution in [0.15, 0.2) is 25.3 Å². The van der Waals surface area contributed by atoms with Gasteiger partial charge in [0.25, 0.3) is 0 Å². The van der Waals surface area contributed by atoms with Crippen molar-refractivity contribution in [2.24, 2.45) is 11.8 Å². The number of nitrogens with zero attached hydrogens (tertiary/aromatic N) is 4. The van der Waals surface area contributed by atoms with Crippen molar-refractivity contribution in [1.82, 2.24) is 19.6 Å². The number of carbonyl (C=O) groups excluding carboxylic acids is 3. The zero-order valence-corrected chi connectivity index (χ0v) is 24.6. The van der Waals surface area contributed by atoms with E-state index in [2.05, 4.69) is 18.1 Å². The lowest BCUT2D eigenvalue weighted by Crippen LogP contribution is -2.59. The van der Waals surface area contributed by atoms with Gasteiger partial charge < -0.3 is 29.3 Å². The second-order valence-electron chi connectivity index (χ2n) is 11.8. The van der Waals surface area contributed by atoms with Crippen LogP contribution in [0.1, 0.15) is 46.5 Å². The average Bonchev–Trinajstić information content (AvgIpc) is 3.52. The van der Waals surface area contributed by atoms with E-state index in [9.17, 15) is 19.5 Å². The molecule has 4 rings (SSSR count). The number of aliphatic hydroxyl groups excluding tert-OH is 1. The third-order valence-electron chi connectivity index (χ3n) is 9.40. The maximum Gasteiger partial charge on any atom is 0.248 e. The Kier molecular flexibility index (Phi) is 9.75. The Labute approximate surface area is 238 Å². The average molecular weight is 561 g/mol. The Morgan fingerprint density at radius 3 is 2.33 bits per heavy atom. The summed E-state index contributed by atoms with van der Waals surface area (Å²) >= 11 is 0. The molecule has 40 heavy (non-hydrogen) atoms. The van der Waals surface area contributed by atoms with E-state index in [1.165, 1.54) is 0 Å². The fraction of sp³-hybridized carbons (Fsp3) is 0.767. The van der Waals surface area contributed by atoms with Crippen molar-refractivity contribution in [3.63, 3.8) is 0 Å². The second kappa shape index (κ2) is 12.7. The van der Waals surface area contributed by atoms with Crippen LogP contribution >= 0.6 is 0 Å². The Morgan fingerprint density at radius 1 is 1.10 bits per heavy atom. The molecule has 0 aromatic carbocycles. The zero-order valence-electron chi connectivity index (χ0n) is 24.6. The fourth-order valence-corrected chi connectivity index (χ4v) is 7.45. The first-order valence-electron chi connectivity index (χ1n) is 15.0. The minimum Gasteiger partial charge on any atom is -0.394 e. The van der Waals surface area contributed by atoms with Crippen molar-refractivity contribution < 1.29 is 29.0 Å². The van der Waals surface area contributed by atoms with E-state index in [1.54, 1.807) is 26.9 Å². The lowest BCUT2D eigenvalue weighted by molar-refractivity contribution is -0.156. The minimum absolute atomic E-state index is 0.121. The van der Waals surface area contributed by atoms with Gasteiger partial charge in [0.1, 0.15) is 11.6 Å².